The van der Waals surface area contributed by atoms with Crippen molar-refractivity contribution in [3.8, 4) is 0 Å². The van der Waals surface area contributed by atoms with E-state index in [1.165, 1.54) is 26.2 Å². The van der Waals surface area contributed by atoms with E-state index >= 15 is 0 Å². The van der Waals surface area contributed by atoms with Crippen LogP contribution in [0.4, 0.5) is 0 Å². The number of nitrogens with zero attached hydrogens (tertiary/aromatic N) is 1. The van der Waals surface area contributed by atoms with Gasteiger partial charge in [-0.2, -0.15) is 0 Å². The number of ether oxygens (including phenoxy) is 3. The minimum atomic E-state index is -0.844. The SMILES string of the molecule is COC(=O)C(c1ccccc1)N(CC(OC)OC)C(=O)C(C)C. The molecule has 0 bridgehead atoms. The van der Waals surface area contributed by atoms with Gasteiger partial charge in [0.2, 0.25) is 5.91 Å². The predicted molar refractivity (Wildman–Crippen MR) is 85.6 cm³/mol. The van der Waals surface area contributed by atoms with Crippen LogP contribution >= 0.6 is 0 Å². The predicted octanol–water partition coefficient (Wildman–Crippen LogP) is 2.00. The molecular formula is C17H25NO5. The Bertz CT molecular complexity index is 499. The molecule has 0 spiro atoms. The second-order valence-corrected chi connectivity index (χ2v) is 5.38. The number of hydrogen-bond acceptors (Lipinski definition) is 5. The molecule has 0 aliphatic rings. The van der Waals surface area contributed by atoms with Crippen molar-refractivity contribution < 1.29 is 23.8 Å². The van der Waals surface area contributed by atoms with E-state index in [2.05, 4.69) is 0 Å². The molecule has 0 N–H and O–H groups in total. The van der Waals surface area contributed by atoms with Crippen LogP contribution in [0.1, 0.15) is 25.5 Å². The summed E-state index contributed by atoms with van der Waals surface area (Å²) in [6, 6.07) is 8.21. The first-order valence-corrected chi connectivity index (χ1v) is 7.45. The van der Waals surface area contributed by atoms with E-state index in [0.29, 0.717) is 5.56 Å². The Balaban J connectivity index is 3.25. The van der Waals surface area contributed by atoms with Crippen LogP contribution in [0.5, 0.6) is 0 Å². The summed E-state index contributed by atoms with van der Waals surface area (Å²) >= 11 is 0. The van der Waals surface area contributed by atoms with Crippen LogP contribution in [0.2, 0.25) is 0 Å². The summed E-state index contributed by atoms with van der Waals surface area (Å²) in [4.78, 5) is 26.4. The molecular weight excluding hydrogens is 298 g/mol. The Labute approximate surface area is 137 Å². The molecule has 23 heavy (non-hydrogen) atoms. The van der Waals surface area contributed by atoms with Gasteiger partial charge in [-0.1, -0.05) is 44.2 Å². The highest BCUT2D eigenvalue weighted by molar-refractivity contribution is 5.86. The van der Waals surface area contributed by atoms with E-state index < -0.39 is 18.3 Å². The Hall–Kier alpha value is -1.92. The highest BCUT2D eigenvalue weighted by Crippen LogP contribution is 2.25. The molecule has 0 aliphatic heterocycles. The maximum Gasteiger partial charge on any atom is 0.333 e. The van der Waals surface area contributed by atoms with Gasteiger partial charge >= 0.3 is 5.97 Å². The first-order chi connectivity index (χ1) is 11.0. The van der Waals surface area contributed by atoms with Gasteiger partial charge in [0.1, 0.15) is 0 Å². The minimum Gasteiger partial charge on any atom is -0.467 e. The van der Waals surface area contributed by atoms with Gasteiger partial charge in [0.25, 0.3) is 0 Å². The average Bonchev–Trinajstić information content (AvgIpc) is 2.58. The van der Waals surface area contributed by atoms with Gasteiger partial charge in [-0.05, 0) is 5.56 Å². The lowest BCUT2D eigenvalue weighted by Gasteiger charge is -2.33. The number of amides is 1. The van der Waals surface area contributed by atoms with Crippen molar-refractivity contribution in [2.45, 2.75) is 26.2 Å². The third-order valence-corrected chi connectivity index (χ3v) is 3.50. The van der Waals surface area contributed by atoms with Crippen molar-refractivity contribution in [2.24, 2.45) is 5.92 Å². The number of methoxy groups -OCH3 is 3. The Morgan fingerprint density at radius 3 is 2.04 bits per heavy atom. The lowest BCUT2D eigenvalue weighted by atomic mass is 10.0. The fourth-order valence-electron chi connectivity index (χ4n) is 2.25. The van der Waals surface area contributed by atoms with Crippen LogP contribution in [0.3, 0.4) is 0 Å². The molecule has 1 rings (SSSR count). The van der Waals surface area contributed by atoms with E-state index in [-0.39, 0.29) is 18.4 Å². The molecule has 1 atom stereocenters. The van der Waals surface area contributed by atoms with Gasteiger partial charge in [-0.25, -0.2) is 4.79 Å². The monoisotopic (exact) mass is 323 g/mol. The molecule has 0 aliphatic carbocycles. The third kappa shape index (κ3) is 5.04. The van der Waals surface area contributed by atoms with Crippen molar-refractivity contribution in [3.63, 3.8) is 0 Å². The largest absolute Gasteiger partial charge is 0.467 e. The standard InChI is InChI=1S/C17H25NO5/c1-12(2)16(19)18(11-14(21-3)22-4)15(17(20)23-5)13-9-7-6-8-10-13/h6-10,12,14-15H,11H2,1-5H3. The summed E-state index contributed by atoms with van der Waals surface area (Å²) in [5.41, 5.74) is 0.680. The van der Waals surface area contributed by atoms with Crippen molar-refractivity contribution in [1.29, 1.82) is 0 Å². The first-order valence-electron chi connectivity index (χ1n) is 7.45. The van der Waals surface area contributed by atoms with Crippen LogP contribution in [0, 0.1) is 5.92 Å². The number of rotatable bonds is 8. The molecule has 1 amide bonds. The molecule has 1 aromatic carbocycles. The fourth-order valence-corrected chi connectivity index (χ4v) is 2.25. The summed E-state index contributed by atoms with van der Waals surface area (Å²) in [5, 5.41) is 0. The second-order valence-electron chi connectivity index (χ2n) is 5.38. The van der Waals surface area contributed by atoms with Crippen molar-refractivity contribution in [3.05, 3.63) is 35.9 Å². The summed E-state index contributed by atoms with van der Waals surface area (Å²) in [5.74, 6) is -0.959. The number of esters is 1. The number of benzene rings is 1. The topological polar surface area (TPSA) is 65.1 Å². The molecule has 1 unspecified atom stereocenters. The van der Waals surface area contributed by atoms with Gasteiger partial charge in [0, 0.05) is 20.1 Å². The summed E-state index contributed by atoms with van der Waals surface area (Å²) < 4.78 is 15.3. The lowest BCUT2D eigenvalue weighted by molar-refractivity contribution is -0.164. The highest BCUT2D eigenvalue weighted by atomic mass is 16.7. The second kappa shape index (κ2) is 9.27. The Kier molecular flexibility index (Phi) is 7.71. The molecule has 6 nitrogen and oxygen atoms in total. The van der Waals surface area contributed by atoms with Gasteiger partial charge in [-0.3, -0.25) is 4.79 Å². The third-order valence-electron chi connectivity index (χ3n) is 3.50. The van der Waals surface area contributed by atoms with Crippen molar-refractivity contribution >= 4 is 11.9 Å². The van der Waals surface area contributed by atoms with E-state index in [9.17, 15) is 9.59 Å². The van der Waals surface area contributed by atoms with Crippen molar-refractivity contribution in [2.75, 3.05) is 27.9 Å². The summed E-state index contributed by atoms with van der Waals surface area (Å²) in [6.45, 7) is 3.69. The quantitative estimate of drug-likeness (QED) is 0.541. The summed E-state index contributed by atoms with van der Waals surface area (Å²) in [7, 11) is 4.28. The molecule has 0 fully saturated rings. The molecule has 0 radical (unpaired) electrons. The molecule has 0 aromatic heterocycles. The zero-order valence-corrected chi connectivity index (χ0v) is 14.3. The fraction of sp³-hybridized carbons (Fsp3) is 0.529. The number of carbonyl (C=O) groups is 2. The van der Waals surface area contributed by atoms with Gasteiger partial charge in [0.05, 0.1) is 13.7 Å². The number of hydrogen-bond donors (Lipinski definition) is 0. The average molecular weight is 323 g/mol. The van der Waals surface area contributed by atoms with Gasteiger partial charge < -0.3 is 19.1 Å². The van der Waals surface area contributed by atoms with Crippen LogP contribution in [0.25, 0.3) is 0 Å². The molecule has 0 saturated heterocycles. The summed E-state index contributed by atoms with van der Waals surface area (Å²) in [6.07, 6.45) is -0.631. The lowest BCUT2D eigenvalue weighted by Crippen LogP contribution is -2.46. The highest BCUT2D eigenvalue weighted by Gasteiger charge is 2.34. The molecule has 128 valence electrons. The molecule has 6 heteroatoms. The normalized spacial score (nSPS) is 12.3. The van der Waals surface area contributed by atoms with E-state index in [1.807, 2.05) is 18.2 Å². The first kappa shape index (κ1) is 19.1. The zero-order valence-electron chi connectivity index (χ0n) is 14.3. The van der Waals surface area contributed by atoms with Gasteiger partial charge in [-0.15, -0.1) is 0 Å². The Morgan fingerprint density at radius 1 is 1.04 bits per heavy atom. The number of carbonyl (C=O) groups excluding carboxylic acids is 2. The molecule has 0 heterocycles. The van der Waals surface area contributed by atoms with E-state index in [0.717, 1.165) is 0 Å². The van der Waals surface area contributed by atoms with Gasteiger partial charge in [0.15, 0.2) is 12.3 Å². The van der Waals surface area contributed by atoms with Crippen LogP contribution < -0.4 is 0 Å². The van der Waals surface area contributed by atoms with Crippen molar-refractivity contribution in [1.82, 2.24) is 4.90 Å². The van der Waals surface area contributed by atoms with Crippen LogP contribution in [-0.4, -0.2) is 50.9 Å². The molecule has 1 aromatic rings. The maximum absolute atomic E-state index is 12.7. The minimum absolute atomic E-state index is 0.124. The maximum atomic E-state index is 12.7. The Morgan fingerprint density at radius 2 is 1.61 bits per heavy atom. The van der Waals surface area contributed by atoms with E-state index in [1.54, 1.807) is 26.0 Å². The van der Waals surface area contributed by atoms with E-state index in [4.69, 9.17) is 14.2 Å². The smallest absolute Gasteiger partial charge is 0.333 e. The van der Waals surface area contributed by atoms with Crippen LogP contribution in [0.15, 0.2) is 30.3 Å². The zero-order chi connectivity index (χ0) is 17.4. The van der Waals surface area contributed by atoms with Crippen LogP contribution in [-0.2, 0) is 23.8 Å². The molecule has 0 saturated carbocycles.